The minimum absolute atomic E-state index is 0.169. The van der Waals surface area contributed by atoms with E-state index in [0.717, 1.165) is 5.56 Å². The van der Waals surface area contributed by atoms with E-state index >= 15 is 0 Å². The molecule has 1 saturated heterocycles. The Bertz CT molecular complexity index is 862. The number of likely N-dealkylation sites (tertiary alicyclic amines) is 1. The van der Waals surface area contributed by atoms with E-state index in [2.05, 4.69) is 0 Å². The molecule has 2 heterocycles. The molecule has 6 nitrogen and oxygen atoms in total. The fourth-order valence-electron chi connectivity index (χ4n) is 3.85. The molecule has 1 N–H and O–H groups in total. The summed E-state index contributed by atoms with van der Waals surface area (Å²) in [4.78, 5) is 28.7. The van der Waals surface area contributed by atoms with E-state index in [1.165, 1.54) is 6.07 Å². The minimum atomic E-state index is -1.02. The standard InChI is InChI=1S/C21H27N3O3/c1-4-23-12-10-16(14-19(23)25)20(26)24-13-11-21(27,18(15-24)22(2)3)17-8-6-5-7-9-17/h5-10,12,14,18,27H,4,11,13,15H2,1-3H3/t18-,21+/m1/s1. The van der Waals surface area contributed by atoms with Gasteiger partial charge in [0.2, 0.25) is 0 Å². The van der Waals surface area contributed by atoms with Crippen molar-refractivity contribution in [3.63, 3.8) is 0 Å². The summed E-state index contributed by atoms with van der Waals surface area (Å²) in [6.45, 7) is 3.29. The highest BCUT2D eigenvalue weighted by molar-refractivity contribution is 5.94. The zero-order valence-electron chi connectivity index (χ0n) is 16.1. The molecule has 0 unspecified atom stereocenters. The zero-order chi connectivity index (χ0) is 19.6. The van der Waals surface area contributed by atoms with Crippen molar-refractivity contribution < 1.29 is 9.90 Å². The van der Waals surface area contributed by atoms with Gasteiger partial charge in [0.25, 0.3) is 11.5 Å². The summed E-state index contributed by atoms with van der Waals surface area (Å²) in [5.74, 6) is -0.169. The lowest BCUT2D eigenvalue weighted by Gasteiger charge is -2.47. The molecule has 1 fully saturated rings. The SMILES string of the molecule is CCn1ccc(C(=O)N2CC[C@](O)(c3ccccc3)[C@H](N(C)C)C2)cc1=O. The number of rotatable bonds is 4. The molecule has 2 aromatic rings. The largest absolute Gasteiger partial charge is 0.383 e. The molecule has 144 valence electrons. The van der Waals surface area contributed by atoms with E-state index in [-0.39, 0.29) is 17.5 Å². The summed E-state index contributed by atoms with van der Waals surface area (Å²) in [6, 6.07) is 12.5. The van der Waals surface area contributed by atoms with Gasteiger partial charge in [-0.05, 0) is 39.1 Å². The lowest BCUT2D eigenvalue weighted by molar-refractivity contribution is -0.0810. The fraction of sp³-hybridized carbons (Fsp3) is 0.429. The van der Waals surface area contributed by atoms with Crippen molar-refractivity contribution in [3.8, 4) is 0 Å². The van der Waals surface area contributed by atoms with Gasteiger partial charge in [-0.25, -0.2) is 0 Å². The molecule has 0 spiro atoms. The molecule has 0 bridgehead atoms. The molecule has 0 radical (unpaired) electrons. The average Bonchev–Trinajstić information content (AvgIpc) is 2.68. The van der Waals surface area contributed by atoms with Gasteiger partial charge in [0.05, 0.1) is 6.04 Å². The number of carbonyl (C=O) groups is 1. The Kier molecular flexibility index (Phi) is 5.48. The molecule has 27 heavy (non-hydrogen) atoms. The van der Waals surface area contributed by atoms with Crippen molar-refractivity contribution in [3.05, 3.63) is 70.1 Å². The third-order valence-corrected chi connectivity index (χ3v) is 5.48. The second-order valence-electron chi connectivity index (χ2n) is 7.31. The van der Waals surface area contributed by atoms with Gasteiger partial charge < -0.3 is 19.5 Å². The van der Waals surface area contributed by atoms with Crippen LogP contribution in [0.3, 0.4) is 0 Å². The summed E-state index contributed by atoms with van der Waals surface area (Å²) >= 11 is 0. The monoisotopic (exact) mass is 369 g/mol. The Labute approximate surface area is 159 Å². The van der Waals surface area contributed by atoms with E-state index in [1.54, 1.807) is 21.7 Å². The highest BCUT2D eigenvalue weighted by Gasteiger charge is 2.45. The number of aliphatic hydroxyl groups is 1. The van der Waals surface area contributed by atoms with Gasteiger partial charge in [0, 0.05) is 37.5 Å². The van der Waals surface area contributed by atoms with Crippen LogP contribution in [0.15, 0.2) is 53.5 Å². The lowest BCUT2D eigenvalue weighted by atomic mass is 9.79. The predicted molar refractivity (Wildman–Crippen MR) is 105 cm³/mol. The number of benzene rings is 1. The molecule has 1 amide bonds. The molecule has 6 heteroatoms. The summed E-state index contributed by atoms with van der Waals surface area (Å²) in [5, 5.41) is 11.4. The topological polar surface area (TPSA) is 65.8 Å². The van der Waals surface area contributed by atoms with Gasteiger partial charge in [0.1, 0.15) is 5.60 Å². The van der Waals surface area contributed by atoms with Gasteiger partial charge in [-0.1, -0.05) is 30.3 Å². The lowest BCUT2D eigenvalue weighted by Crippen LogP contribution is -2.60. The van der Waals surface area contributed by atoms with Crippen LogP contribution < -0.4 is 5.56 Å². The summed E-state index contributed by atoms with van der Waals surface area (Å²) in [7, 11) is 3.82. The quantitative estimate of drug-likeness (QED) is 0.888. The number of hydrogen-bond acceptors (Lipinski definition) is 4. The molecular weight excluding hydrogens is 342 g/mol. The van der Waals surface area contributed by atoms with Crippen LogP contribution in [0.25, 0.3) is 0 Å². The molecule has 1 aliphatic rings. The minimum Gasteiger partial charge on any atom is -0.383 e. The van der Waals surface area contributed by atoms with Crippen LogP contribution in [-0.2, 0) is 12.1 Å². The van der Waals surface area contributed by atoms with Crippen LogP contribution in [0.4, 0.5) is 0 Å². The normalized spacial score (nSPS) is 22.9. The molecule has 1 aliphatic heterocycles. The molecule has 2 atom stereocenters. The zero-order valence-corrected chi connectivity index (χ0v) is 16.1. The maximum atomic E-state index is 12.9. The third-order valence-electron chi connectivity index (χ3n) is 5.48. The van der Waals surface area contributed by atoms with Crippen LogP contribution in [0.1, 0.15) is 29.3 Å². The van der Waals surface area contributed by atoms with Gasteiger partial charge in [-0.3, -0.25) is 9.59 Å². The smallest absolute Gasteiger partial charge is 0.254 e. The highest BCUT2D eigenvalue weighted by Crippen LogP contribution is 2.35. The number of nitrogens with zero attached hydrogens (tertiary/aromatic N) is 3. The fourth-order valence-corrected chi connectivity index (χ4v) is 3.85. The number of likely N-dealkylation sites (N-methyl/N-ethyl adjacent to an activating group) is 1. The summed E-state index contributed by atoms with van der Waals surface area (Å²) in [6.07, 6.45) is 2.10. The van der Waals surface area contributed by atoms with E-state index < -0.39 is 5.60 Å². The molecule has 3 rings (SSSR count). The summed E-state index contributed by atoms with van der Waals surface area (Å²) < 4.78 is 1.56. The maximum absolute atomic E-state index is 12.9. The Morgan fingerprint density at radius 1 is 1.26 bits per heavy atom. The molecule has 1 aromatic carbocycles. The molecule has 1 aromatic heterocycles. The van der Waals surface area contributed by atoms with E-state index in [1.807, 2.05) is 56.3 Å². The first-order chi connectivity index (χ1) is 12.9. The first-order valence-electron chi connectivity index (χ1n) is 9.31. The average molecular weight is 369 g/mol. The number of amides is 1. The van der Waals surface area contributed by atoms with E-state index in [0.29, 0.717) is 31.6 Å². The van der Waals surface area contributed by atoms with Crippen LogP contribution in [0.2, 0.25) is 0 Å². The van der Waals surface area contributed by atoms with Gasteiger partial charge in [-0.15, -0.1) is 0 Å². The first-order valence-corrected chi connectivity index (χ1v) is 9.31. The number of piperidine rings is 1. The van der Waals surface area contributed by atoms with Crippen molar-refractivity contribution in [2.45, 2.75) is 31.5 Å². The Balaban J connectivity index is 1.85. The molecular formula is C21H27N3O3. The second kappa shape index (κ2) is 7.66. The highest BCUT2D eigenvalue weighted by atomic mass is 16.3. The van der Waals surface area contributed by atoms with Crippen LogP contribution in [0.5, 0.6) is 0 Å². The maximum Gasteiger partial charge on any atom is 0.254 e. The number of pyridine rings is 1. The Hall–Kier alpha value is -2.44. The number of aryl methyl sites for hydroxylation is 1. The molecule has 0 aliphatic carbocycles. The molecule has 0 saturated carbocycles. The third kappa shape index (κ3) is 3.68. The van der Waals surface area contributed by atoms with Crippen LogP contribution in [0, 0.1) is 0 Å². The van der Waals surface area contributed by atoms with Crippen molar-refractivity contribution in [1.82, 2.24) is 14.4 Å². The summed E-state index contributed by atoms with van der Waals surface area (Å²) in [5.41, 5.74) is 0.0617. The van der Waals surface area contributed by atoms with Crippen molar-refractivity contribution in [2.75, 3.05) is 27.2 Å². The van der Waals surface area contributed by atoms with Crippen molar-refractivity contribution in [1.29, 1.82) is 0 Å². The Morgan fingerprint density at radius 3 is 2.56 bits per heavy atom. The number of hydrogen-bond donors (Lipinski definition) is 1. The van der Waals surface area contributed by atoms with Gasteiger partial charge in [0.15, 0.2) is 0 Å². The van der Waals surface area contributed by atoms with Crippen LogP contribution >= 0.6 is 0 Å². The van der Waals surface area contributed by atoms with E-state index in [4.69, 9.17) is 0 Å². The van der Waals surface area contributed by atoms with Gasteiger partial charge in [-0.2, -0.15) is 0 Å². The number of aromatic nitrogens is 1. The second-order valence-corrected chi connectivity index (χ2v) is 7.31. The predicted octanol–water partition coefficient (Wildman–Crippen LogP) is 1.53. The van der Waals surface area contributed by atoms with Crippen LogP contribution in [-0.4, -0.2) is 58.6 Å². The van der Waals surface area contributed by atoms with Crippen molar-refractivity contribution in [2.24, 2.45) is 0 Å². The van der Waals surface area contributed by atoms with E-state index in [9.17, 15) is 14.7 Å². The Morgan fingerprint density at radius 2 is 1.96 bits per heavy atom. The van der Waals surface area contributed by atoms with Gasteiger partial charge >= 0.3 is 0 Å². The number of carbonyl (C=O) groups excluding carboxylic acids is 1. The van der Waals surface area contributed by atoms with Crippen molar-refractivity contribution >= 4 is 5.91 Å². The first kappa shape index (κ1) is 19.3.